The molecule has 0 aliphatic heterocycles. The molecule has 1 unspecified atom stereocenters. The maximum atomic E-state index is 12.7. The van der Waals surface area contributed by atoms with E-state index in [0.29, 0.717) is 25.1 Å². The third kappa shape index (κ3) is 3.66. The molecule has 0 radical (unpaired) electrons. The number of nitrogens with zero attached hydrogens (tertiary/aromatic N) is 2. The Balaban J connectivity index is 1.74. The number of amides is 1. The van der Waals surface area contributed by atoms with Crippen molar-refractivity contribution in [3.8, 4) is 0 Å². The van der Waals surface area contributed by atoms with Gasteiger partial charge in [-0.25, -0.2) is 4.98 Å². The summed E-state index contributed by atoms with van der Waals surface area (Å²) in [6.45, 7) is 2.05. The first-order valence-corrected chi connectivity index (χ1v) is 8.66. The highest BCUT2D eigenvalue weighted by atomic mass is 16.5. The van der Waals surface area contributed by atoms with Gasteiger partial charge in [0.05, 0.1) is 18.8 Å². The number of nitrogens with one attached hydrogen (secondary N) is 1. The molecule has 144 valence electrons. The van der Waals surface area contributed by atoms with Crippen LogP contribution >= 0.6 is 0 Å². The van der Waals surface area contributed by atoms with E-state index in [9.17, 15) is 9.59 Å². The van der Waals surface area contributed by atoms with Gasteiger partial charge in [0.15, 0.2) is 0 Å². The summed E-state index contributed by atoms with van der Waals surface area (Å²) < 4.78 is 17.6. The van der Waals surface area contributed by atoms with E-state index in [2.05, 4.69) is 10.3 Å². The molecule has 0 saturated carbocycles. The second-order valence-electron chi connectivity index (χ2n) is 6.37. The van der Waals surface area contributed by atoms with Crippen molar-refractivity contribution in [1.82, 2.24) is 14.9 Å². The number of carbonyl (C=O) groups is 1. The van der Waals surface area contributed by atoms with Crippen LogP contribution in [0.5, 0.6) is 0 Å². The lowest BCUT2D eigenvalue weighted by Crippen LogP contribution is -2.27. The highest BCUT2D eigenvalue weighted by Crippen LogP contribution is 2.24. The molecule has 2 aromatic rings. The summed E-state index contributed by atoms with van der Waals surface area (Å²) in [6, 6.07) is 0. The summed E-state index contributed by atoms with van der Waals surface area (Å²) in [5.41, 5.74) is 1.11. The molecule has 27 heavy (non-hydrogen) atoms. The van der Waals surface area contributed by atoms with Gasteiger partial charge in [-0.2, -0.15) is 0 Å². The molecule has 3 rings (SSSR count). The average molecular weight is 373 g/mol. The van der Waals surface area contributed by atoms with Gasteiger partial charge in [-0.05, 0) is 18.9 Å². The predicted octanol–water partition coefficient (Wildman–Crippen LogP) is 1.83. The summed E-state index contributed by atoms with van der Waals surface area (Å²) in [6.07, 6.45) is 6.58. The number of methoxy groups -OCH3 is 2. The Labute approximate surface area is 156 Å². The van der Waals surface area contributed by atoms with Crippen LogP contribution in [0, 0.1) is 6.92 Å². The smallest absolute Gasteiger partial charge is 0.265 e. The van der Waals surface area contributed by atoms with Crippen molar-refractivity contribution in [3.05, 3.63) is 51.5 Å². The van der Waals surface area contributed by atoms with E-state index in [-0.39, 0.29) is 34.2 Å². The highest BCUT2D eigenvalue weighted by molar-refractivity contribution is 6.06. The lowest BCUT2D eigenvalue weighted by Gasteiger charge is -2.20. The molecule has 0 aromatic carbocycles. The van der Waals surface area contributed by atoms with Crippen LogP contribution in [0.4, 0.5) is 0 Å². The fourth-order valence-corrected chi connectivity index (χ4v) is 3.16. The Morgan fingerprint density at radius 1 is 1.44 bits per heavy atom. The van der Waals surface area contributed by atoms with Crippen LogP contribution in [0.3, 0.4) is 0 Å². The lowest BCUT2D eigenvalue weighted by molar-refractivity contribution is 0.0953. The lowest BCUT2D eigenvalue weighted by atomic mass is 10.00. The van der Waals surface area contributed by atoms with Gasteiger partial charge < -0.3 is 23.8 Å². The Bertz CT molecular complexity index is 983. The Hall–Kier alpha value is -2.87. The zero-order chi connectivity index (χ0) is 19.6. The van der Waals surface area contributed by atoms with Crippen molar-refractivity contribution in [3.63, 3.8) is 0 Å². The van der Waals surface area contributed by atoms with Gasteiger partial charge in [0, 0.05) is 27.1 Å². The van der Waals surface area contributed by atoms with Gasteiger partial charge in [-0.15, -0.1) is 0 Å². The fourth-order valence-electron chi connectivity index (χ4n) is 3.16. The minimum Gasteiger partial charge on any atom is -0.501 e. The number of aromatic nitrogens is 2. The van der Waals surface area contributed by atoms with E-state index in [1.807, 2.05) is 12.2 Å². The summed E-state index contributed by atoms with van der Waals surface area (Å²) in [7, 11) is 4.87. The first kappa shape index (κ1) is 18.9. The van der Waals surface area contributed by atoms with Crippen molar-refractivity contribution < 1.29 is 18.7 Å². The van der Waals surface area contributed by atoms with Gasteiger partial charge in [-0.1, -0.05) is 12.2 Å². The average Bonchev–Trinajstić information content (AvgIpc) is 3.01. The standard InChI is InChI=1S/C19H23N3O5/c1-11-15(16-18(27-11)21-10-22(2)19(16)24)17(23)20-8-7-12-5-6-13(25-3)9-14(12)26-4/h5-6,10,13H,7-9H2,1-4H3,(H,20,23). The number of hydrogen-bond acceptors (Lipinski definition) is 6. The summed E-state index contributed by atoms with van der Waals surface area (Å²) in [5, 5.41) is 3.05. The Kier molecular flexibility index (Phi) is 5.46. The van der Waals surface area contributed by atoms with Crippen LogP contribution in [0.25, 0.3) is 11.1 Å². The van der Waals surface area contributed by atoms with E-state index in [1.165, 1.54) is 10.9 Å². The summed E-state index contributed by atoms with van der Waals surface area (Å²) in [4.78, 5) is 29.1. The van der Waals surface area contributed by atoms with E-state index in [1.54, 1.807) is 28.2 Å². The first-order valence-electron chi connectivity index (χ1n) is 8.66. The van der Waals surface area contributed by atoms with Gasteiger partial charge in [-0.3, -0.25) is 9.59 Å². The maximum Gasteiger partial charge on any atom is 0.265 e. The molecule has 1 atom stereocenters. The van der Waals surface area contributed by atoms with Crippen LogP contribution in [0.15, 0.2) is 39.0 Å². The van der Waals surface area contributed by atoms with Crippen LogP contribution in [-0.2, 0) is 16.5 Å². The minimum absolute atomic E-state index is 0.00181. The first-order chi connectivity index (χ1) is 13.0. The van der Waals surface area contributed by atoms with E-state index >= 15 is 0 Å². The van der Waals surface area contributed by atoms with Gasteiger partial charge in [0.25, 0.3) is 11.5 Å². The molecule has 0 bridgehead atoms. The molecule has 0 fully saturated rings. The molecule has 0 spiro atoms. The summed E-state index contributed by atoms with van der Waals surface area (Å²) in [5.74, 6) is 0.864. The number of rotatable bonds is 6. The SMILES string of the molecule is COC1=C(CCNC(=O)c2c(C)oc3ncn(C)c(=O)c23)C=CC(OC)C1. The third-order valence-electron chi connectivity index (χ3n) is 4.66. The zero-order valence-corrected chi connectivity index (χ0v) is 15.9. The molecule has 8 heteroatoms. The second-order valence-corrected chi connectivity index (χ2v) is 6.37. The van der Waals surface area contributed by atoms with Crippen molar-refractivity contribution in [1.29, 1.82) is 0 Å². The quantitative estimate of drug-likeness (QED) is 0.830. The Morgan fingerprint density at radius 3 is 2.93 bits per heavy atom. The molecule has 8 nitrogen and oxygen atoms in total. The predicted molar refractivity (Wildman–Crippen MR) is 99.5 cm³/mol. The van der Waals surface area contributed by atoms with E-state index in [4.69, 9.17) is 13.9 Å². The monoisotopic (exact) mass is 373 g/mol. The van der Waals surface area contributed by atoms with Crippen molar-refractivity contribution >= 4 is 17.0 Å². The van der Waals surface area contributed by atoms with Crippen molar-refractivity contribution in [2.24, 2.45) is 7.05 Å². The van der Waals surface area contributed by atoms with Gasteiger partial charge >= 0.3 is 0 Å². The fraction of sp³-hybridized carbons (Fsp3) is 0.421. The molecule has 1 N–H and O–H groups in total. The van der Waals surface area contributed by atoms with Gasteiger partial charge in [0.1, 0.15) is 23.2 Å². The molecule has 2 aromatic heterocycles. The molecule has 0 saturated heterocycles. The molecule has 2 heterocycles. The normalized spacial score (nSPS) is 16.8. The van der Waals surface area contributed by atoms with Crippen LogP contribution < -0.4 is 10.9 Å². The molecule has 1 amide bonds. The topological polar surface area (TPSA) is 95.6 Å². The number of carbonyl (C=O) groups excluding carboxylic acids is 1. The number of fused-ring (bicyclic) bond motifs is 1. The zero-order valence-electron chi connectivity index (χ0n) is 15.9. The van der Waals surface area contributed by atoms with E-state index in [0.717, 1.165) is 11.3 Å². The van der Waals surface area contributed by atoms with Crippen LogP contribution in [0.2, 0.25) is 0 Å². The number of hydrogen-bond donors (Lipinski definition) is 1. The van der Waals surface area contributed by atoms with Crippen LogP contribution in [0.1, 0.15) is 29.0 Å². The third-order valence-corrected chi connectivity index (χ3v) is 4.66. The Morgan fingerprint density at radius 2 is 2.22 bits per heavy atom. The highest BCUT2D eigenvalue weighted by Gasteiger charge is 2.22. The second kappa shape index (κ2) is 7.79. The van der Waals surface area contributed by atoms with E-state index < -0.39 is 0 Å². The molecule has 1 aliphatic rings. The largest absolute Gasteiger partial charge is 0.501 e. The number of furan rings is 1. The number of allylic oxidation sites excluding steroid dienone is 1. The maximum absolute atomic E-state index is 12.7. The molecule has 1 aliphatic carbocycles. The van der Waals surface area contributed by atoms with Crippen LogP contribution in [-0.4, -0.2) is 42.3 Å². The van der Waals surface area contributed by atoms with Crippen molar-refractivity contribution in [2.75, 3.05) is 20.8 Å². The minimum atomic E-state index is -0.356. The number of ether oxygens (including phenoxy) is 2. The van der Waals surface area contributed by atoms with Gasteiger partial charge in [0.2, 0.25) is 5.71 Å². The molecular formula is C19H23N3O5. The van der Waals surface area contributed by atoms with Crippen molar-refractivity contribution in [2.45, 2.75) is 25.9 Å². The summed E-state index contributed by atoms with van der Waals surface area (Å²) >= 11 is 0. The molecular weight excluding hydrogens is 350 g/mol. The number of aryl methyl sites for hydroxylation is 2.